The van der Waals surface area contributed by atoms with E-state index in [4.69, 9.17) is 9.72 Å². The number of thiazole rings is 1. The first-order valence-electron chi connectivity index (χ1n) is 14.3. The van der Waals surface area contributed by atoms with Gasteiger partial charge in [0.05, 0.1) is 12.3 Å². The number of hydrogen-bond donors (Lipinski definition) is 1. The van der Waals surface area contributed by atoms with Crippen molar-refractivity contribution in [2.45, 2.75) is 57.8 Å². The third-order valence-corrected chi connectivity index (χ3v) is 9.15. The number of piperazine rings is 1. The molecule has 2 saturated heterocycles. The molecule has 3 aliphatic rings. The molecule has 0 bridgehead atoms. The van der Waals surface area contributed by atoms with Gasteiger partial charge < -0.3 is 14.5 Å². The Balaban J connectivity index is 1.18. The summed E-state index contributed by atoms with van der Waals surface area (Å²) in [6.45, 7) is 9.67. The minimum absolute atomic E-state index is 0.0409. The minimum atomic E-state index is -0.0409. The fraction of sp³-hybridized carbons (Fsp3) is 0.655. The van der Waals surface area contributed by atoms with E-state index >= 15 is 0 Å². The van der Waals surface area contributed by atoms with Crippen LogP contribution in [-0.4, -0.2) is 85.2 Å². The van der Waals surface area contributed by atoms with Crippen LogP contribution in [-0.2, 0) is 0 Å². The Morgan fingerprint density at radius 3 is 2.54 bits per heavy atom. The molecular formula is C29H43N5O2S. The molecule has 3 fully saturated rings. The van der Waals surface area contributed by atoms with Gasteiger partial charge in [0.2, 0.25) is 0 Å². The molecule has 0 radical (unpaired) electrons. The maximum Gasteiger partial charge on any atom is 0.323 e. The molecule has 2 aliphatic heterocycles. The molecule has 0 spiro atoms. The van der Waals surface area contributed by atoms with Gasteiger partial charge in [0.1, 0.15) is 5.75 Å². The number of nitrogens with one attached hydrogen (secondary N) is 1. The van der Waals surface area contributed by atoms with Gasteiger partial charge in [-0.1, -0.05) is 25.3 Å². The van der Waals surface area contributed by atoms with Gasteiger partial charge in [0, 0.05) is 43.7 Å². The fourth-order valence-electron chi connectivity index (χ4n) is 6.09. The monoisotopic (exact) mass is 525 g/mol. The first kappa shape index (κ1) is 26.4. The summed E-state index contributed by atoms with van der Waals surface area (Å²) in [4.78, 5) is 24.7. The Kier molecular flexibility index (Phi) is 9.00. The molecule has 8 heteroatoms. The average Bonchev–Trinajstić information content (AvgIpc) is 3.39. The number of anilines is 1. The molecule has 1 saturated carbocycles. The predicted molar refractivity (Wildman–Crippen MR) is 152 cm³/mol. The lowest BCUT2D eigenvalue weighted by molar-refractivity contribution is 0.113. The van der Waals surface area contributed by atoms with Crippen molar-refractivity contribution in [3.05, 3.63) is 29.1 Å². The second-order valence-corrected chi connectivity index (χ2v) is 11.9. The number of benzene rings is 1. The summed E-state index contributed by atoms with van der Waals surface area (Å²) in [5, 5.41) is 5.75. The molecule has 7 nitrogen and oxygen atoms in total. The van der Waals surface area contributed by atoms with Crippen molar-refractivity contribution in [3.63, 3.8) is 0 Å². The number of ether oxygens (including phenoxy) is 1. The van der Waals surface area contributed by atoms with E-state index in [0.29, 0.717) is 17.7 Å². The van der Waals surface area contributed by atoms with Crippen LogP contribution in [0.2, 0.25) is 0 Å². The number of rotatable bonds is 7. The zero-order valence-corrected chi connectivity index (χ0v) is 23.4. The Morgan fingerprint density at radius 2 is 1.81 bits per heavy atom. The van der Waals surface area contributed by atoms with E-state index in [2.05, 4.69) is 40.4 Å². The Hall–Kier alpha value is -2.16. The van der Waals surface area contributed by atoms with Crippen molar-refractivity contribution in [1.82, 2.24) is 19.7 Å². The van der Waals surface area contributed by atoms with Crippen LogP contribution in [0.15, 0.2) is 23.6 Å². The van der Waals surface area contributed by atoms with Crippen LogP contribution in [0, 0.1) is 5.92 Å². The largest absolute Gasteiger partial charge is 0.493 e. The van der Waals surface area contributed by atoms with Gasteiger partial charge in [-0.2, -0.15) is 0 Å². The van der Waals surface area contributed by atoms with Crippen LogP contribution >= 0.6 is 11.3 Å². The zero-order valence-electron chi connectivity index (χ0n) is 22.6. The molecular weight excluding hydrogens is 482 g/mol. The molecule has 1 aliphatic carbocycles. The average molecular weight is 526 g/mol. The smallest absolute Gasteiger partial charge is 0.323 e. The van der Waals surface area contributed by atoms with Crippen LogP contribution in [0.5, 0.6) is 5.75 Å². The predicted octanol–water partition coefficient (Wildman–Crippen LogP) is 5.75. The summed E-state index contributed by atoms with van der Waals surface area (Å²) in [7, 11) is 2.21. The third kappa shape index (κ3) is 6.84. The lowest BCUT2D eigenvalue weighted by Gasteiger charge is -2.38. The number of aromatic nitrogens is 1. The van der Waals surface area contributed by atoms with E-state index in [9.17, 15) is 4.79 Å². The van der Waals surface area contributed by atoms with Gasteiger partial charge in [-0.05, 0) is 82.3 Å². The summed E-state index contributed by atoms with van der Waals surface area (Å²) in [5.41, 5.74) is 3.29. The van der Waals surface area contributed by atoms with E-state index in [1.165, 1.54) is 81.5 Å². The zero-order chi connectivity index (χ0) is 25.6. The molecule has 37 heavy (non-hydrogen) atoms. The van der Waals surface area contributed by atoms with Gasteiger partial charge >= 0.3 is 6.03 Å². The summed E-state index contributed by atoms with van der Waals surface area (Å²) in [6.07, 6.45) is 9.08. The van der Waals surface area contributed by atoms with Crippen molar-refractivity contribution in [3.8, 4) is 17.0 Å². The number of amides is 2. The normalized spacial score (nSPS) is 20.8. The van der Waals surface area contributed by atoms with Gasteiger partial charge in [0.25, 0.3) is 0 Å². The quantitative estimate of drug-likeness (QED) is 0.499. The van der Waals surface area contributed by atoms with Crippen LogP contribution in [0.1, 0.15) is 63.4 Å². The van der Waals surface area contributed by atoms with Gasteiger partial charge in [0.15, 0.2) is 5.13 Å². The van der Waals surface area contributed by atoms with E-state index < -0.39 is 0 Å². The summed E-state index contributed by atoms with van der Waals surface area (Å²) in [5.74, 6) is 2.29. The molecule has 202 valence electrons. The highest BCUT2D eigenvalue weighted by molar-refractivity contribution is 7.14. The van der Waals surface area contributed by atoms with Crippen LogP contribution < -0.4 is 10.1 Å². The number of likely N-dealkylation sites (tertiary alicyclic amines) is 1. The highest BCUT2D eigenvalue weighted by Crippen LogP contribution is 2.39. The lowest BCUT2D eigenvalue weighted by atomic mass is 9.83. The maximum atomic E-state index is 13.0. The first-order valence-corrected chi connectivity index (χ1v) is 15.2. The van der Waals surface area contributed by atoms with Gasteiger partial charge in [-0.15, -0.1) is 11.3 Å². The van der Waals surface area contributed by atoms with Crippen molar-refractivity contribution < 1.29 is 9.53 Å². The molecule has 2 amide bonds. The highest BCUT2D eigenvalue weighted by atomic mass is 32.1. The number of piperidine rings is 1. The van der Waals surface area contributed by atoms with Crippen molar-refractivity contribution in [2.24, 2.45) is 5.92 Å². The van der Waals surface area contributed by atoms with Crippen molar-refractivity contribution in [1.29, 1.82) is 0 Å². The number of urea groups is 1. The number of hydrogen-bond acceptors (Lipinski definition) is 6. The van der Waals surface area contributed by atoms with E-state index in [1.807, 2.05) is 17.2 Å². The molecule has 2 aromatic rings. The number of carbonyl (C=O) groups excluding carboxylic acids is 1. The molecule has 3 heterocycles. The minimum Gasteiger partial charge on any atom is -0.493 e. The summed E-state index contributed by atoms with van der Waals surface area (Å²) in [6, 6.07) is 6.56. The summed E-state index contributed by atoms with van der Waals surface area (Å²) >= 11 is 1.49. The molecule has 1 N–H and O–H groups in total. The van der Waals surface area contributed by atoms with Gasteiger partial charge in [-0.3, -0.25) is 10.2 Å². The SMILES string of the molecule is CCOc1ccc(C2CCCCC2)cc1-c1csc(NC(=O)N2CCN(CC3CCN(C)CC3)CC2)n1. The number of carbonyl (C=O) groups is 1. The van der Waals surface area contributed by atoms with E-state index in [-0.39, 0.29) is 6.03 Å². The Morgan fingerprint density at radius 1 is 1.05 bits per heavy atom. The molecule has 0 unspecified atom stereocenters. The Labute approximate surface area is 226 Å². The standard InChI is InChI=1S/C29H43N5O2S/c1-3-36-27-10-9-24(23-7-5-4-6-8-23)19-25(27)26-21-37-28(30-26)31-29(35)34-17-15-33(16-18-34)20-22-11-13-32(2)14-12-22/h9-10,19,21-23H,3-8,11-18,20H2,1-2H3,(H,30,31,35). The van der Waals surface area contributed by atoms with Crippen LogP contribution in [0.25, 0.3) is 11.3 Å². The van der Waals surface area contributed by atoms with Gasteiger partial charge in [-0.25, -0.2) is 9.78 Å². The first-order chi connectivity index (χ1) is 18.1. The molecule has 1 aromatic heterocycles. The van der Waals surface area contributed by atoms with Crippen LogP contribution in [0.4, 0.5) is 9.93 Å². The second-order valence-electron chi connectivity index (χ2n) is 11.0. The van der Waals surface area contributed by atoms with Crippen LogP contribution in [0.3, 0.4) is 0 Å². The Bertz CT molecular complexity index is 1020. The highest BCUT2D eigenvalue weighted by Gasteiger charge is 2.25. The topological polar surface area (TPSA) is 60.9 Å². The third-order valence-electron chi connectivity index (χ3n) is 8.39. The molecule has 5 rings (SSSR count). The second kappa shape index (κ2) is 12.6. The lowest BCUT2D eigenvalue weighted by Crippen LogP contribution is -2.51. The van der Waals surface area contributed by atoms with E-state index in [1.54, 1.807) is 0 Å². The number of nitrogens with zero attached hydrogens (tertiary/aromatic N) is 4. The van der Waals surface area contributed by atoms with Crippen molar-refractivity contribution >= 4 is 22.5 Å². The summed E-state index contributed by atoms with van der Waals surface area (Å²) < 4.78 is 5.95. The molecule has 0 atom stereocenters. The maximum absolute atomic E-state index is 13.0. The fourth-order valence-corrected chi connectivity index (χ4v) is 6.79. The molecule has 1 aromatic carbocycles. The van der Waals surface area contributed by atoms with E-state index in [0.717, 1.165) is 49.1 Å². The van der Waals surface area contributed by atoms with Crippen molar-refractivity contribution in [2.75, 3.05) is 64.8 Å².